The molecule has 0 unspecified atom stereocenters. The van der Waals surface area contributed by atoms with Crippen LogP contribution in [0.25, 0.3) is 0 Å². The second-order valence-corrected chi connectivity index (χ2v) is 12.4. The number of carbonyl (C=O) groups is 1. The highest BCUT2D eigenvalue weighted by Crippen LogP contribution is 2.70. The van der Waals surface area contributed by atoms with E-state index in [1.807, 2.05) is 0 Å². The SMILES string of the molecule is C[C@]12CC[C@H](OS(=O)(=O)O)C[C@H]1CC[C@@H]1[C@H]2[C@H](O)C[C@]2(C)[C@@H](C3=CC(=O)OC3)CC[C@]12O. The van der Waals surface area contributed by atoms with Crippen molar-refractivity contribution < 1.29 is 36.9 Å². The van der Waals surface area contributed by atoms with Gasteiger partial charge in [-0.3, -0.25) is 4.55 Å². The molecule has 3 N–H and O–H groups in total. The molecule has 9 heteroatoms. The second kappa shape index (κ2) is 7.25. The lowest BCUT2D eigenvalue weighted by Crippen LogP contribution is -2.66. The molecule has 4 fully saturated rings. The van der Waals surface area contributed by atoms with Gasteiger partial charge in [0.25, 0.3) is 0 Å². The van der Waals surface area contributed by atoms with Crippen LogP contribution in [-0.4, -0.2) is 53.6 Å². The van der Waals surface area contributed by atoms with E-state index in [-0.39, 0.29) is 41.7 Å². The topological polar surface area (TPSA) is 130 Å². The van der Waals surface area contributed by atoms with E-state index in [0.717, 1.165) is 24.8 Å². The molecule has 4 aliphatic carbocycles. The smallest absolute Gasteiger partial charge is 0.397 e. The van der Waals surface area contributed by atoms with Crippen LogP contribution >= 0.6 is 0 Å². The Hall–Kier alpha value is -1.00. The Balaban J connectivity index is 1.43. The molecule has 1 aliphatic heterocycles. The highest BCUT2D eigenvalue weighted by molar-refractivity contribution is 7.80. The first-order valence-electron chi connectivity index (χ1n) is 11.8. The normalized spacial score (nSPS) is 50.8. The van der Waals surface area contributed by atoms with Gasteiger partial charge in [0.1, 0.15) is 6.61 Å². The molecule has 0 saturated heterocycles. The van der Waals surface area contributed by atoms with Gasteiger partial charge in [-0.25, -0.2) is 8.98 Å². The lowest BCUT2D eigenvalue weighted by Gasteiger charge is -2.65. The third kappa shape index (κ3) is 3.22. The fraction of sp³-hybridized carbons (Fsp3) is 0.870. The molecule has 9 atom stereocenters. The fourth-order valence-corrected chi connectivity index (χ4v) is 9.25. The summed E-state index contributed by atoms with van der Waals surface area (Å²) in [6.07, 6.45) is 5.59. The van der Waals surface area contributed by atoms with Crippen LogP contribution in [0.1, 0.15) is 65.2 Å². The van der Waals surface area contributed by atoms with Crippen LogP contribution in [0.5, 0.6) is 0 Å². The van der Waals surface area contributed by atoms with Gasteiger partial charge in [-0.15, -0.1) is 0 Å². The van der Waals surface area contributed by atoms with Crippen LogP contribution in [0, 0.1) is 34.5 Å². The van der Waals surface area contributed by atoms with Gasteiger partial charge in [-0.2, -0.15) is 8.42 Å². The molecule has 32 heavy (non-hydrogen) atoms. The zero-order chi connectivity index (χ0) is 23.1. The van der Waals surface area contributed by atoms with Crippen molar-refractivity contribution in [2.45, 2.75) is 83.0 Å². The van der Waals surface area contributed by atoms with Crippen molar-refractivity contribution in [3.05, 3.63) is 11.6 Å². The van der Waals surface area contributed by atoms with Crippen LogP contribution in [0.4, 0.5) is 0 Å². The summed E-state index contributed by atoms with van der Waals surface area (Å²) in [5, 5.41) is 23.7. The number of aliphatic hydroxyl groups is 2. The van der Waals surface area contributed by atoms with Crippen LogP contribution in [0.3, 0.4) is 0 Å². The third-order valence-corrected chi connectivity index (χ3v) is 10.6. The zero-order valence-electron chi connectivity index (χ0n) is 18.7. The van der Waals surface area contributed by atoms with Gasteiger partial charge >= 0.3 is 16.4 Å². The number of cyclic esters (lactones) is 1. The number of carbonyl (C=O) groups excluding carboxylic acids is 1. The van der Waals surface area contributed by atoms with Crippen molar-refractivity contribution in [3.8, 4) is 0 Å². The fourth-order valence-electron chi connectivity index (χ4n) is 8.73. The largest absolute Gasteiger partial charge is 0.458 e. The number of rotatable bonds is 3. The molecule has 8 nitrogen and oxygen atoms in total. The van der Waals surface area contributed by atoms with E-state index in [0.29, 0.717) is 32.1 Å². The molecule has 180 valence electrons. The van der Waals surface area contributed by atoms with Gasteiger partial charge in [0.05, 0.1) is 17.8 Å². The first kappa shape index (κ1) is 22.8. The molecule has 5 rings (SSSR count). The average Bonchev–Trinajstić information content (AvgIpc) is 3.21. The Morgan fingerprint density at radius 1 is 1.16 bits per heavy atom. The van der Waals surface area contributed by atoms with Crippen molar-refractivity contribution in [1.29, 1.82) is 0 Å². The van der Waals surface area contributed by atoms with Crippen molar-refractivity contribution in [1.82, 2.24) is 0 Å². The summed E-state index contributed by atoms with van der Waals surface area (Å²) < 4.78 is 41.6. The molecule has 4 saturated carbocycles. The maximum Gasteiger partial charge on any atom is 0.397 e. The Bertz CT molecular complexity index is 946. The predicted octanol–water partition coefficient (Wildman–Crippen LogP) is 2.40. The first-order chi connectivity index (χ1) is 14.9. The number of hydrogen-bond donors (Lipinski definition) is 3. The minimum atomic E-state index is -4.49. The summed E-state index contributed by atoms with van der Waals surface area (Å²) in [7, 11) is -4.49. The second-order valence-electron chi connectivity index (χ2n) is 11.4. The number of esters is 1. The molecular formula is C23H34O8S. The van der Waals surface area contributed by atoms with E-state index in [9.17, 15) is 23.4 Å². The van der Waals surface area contributed by atoms with Gasteiger partial charge in [-0.1, -0.05) is 13.8 Å². The van der Waals surface area contributed by atoms with E-state index < -0.39 is 33.6 Å². The Morgan fingerprint density at radius 2 is 1.91 bits per heavy atom. The number of ether oxygens (including phenoxy) is 1. The first-order valence-corrected chi connectivity index (χ1v) is 13.2. The summed E-state index contributed by atoms with van der Waals surface area (Å²) in [6, 6.07) is 0. The molecule has 0 aromatic rings. The molecule has 0 amide bonds. The zero-order valence-corrected chi connectivity index (χ0v) is 19.5. The third-order valence-electron chi connectivity index (χ3n) is 10.1. The van der Waals surface area contributed by atoms with Gasteiger partial charge in [0.15, 0.2) is 0 Å². The highest BCUT2D eigenvalue weighted by Gasteiger charge is 2.70. The molecule has 5 aliphatic rings. The lowest BCUT2D eigenvalue weighted by molar-refractivity contribution is -0.241. The monoisotopic (exact) mass is 470 g/mol. The Labute approximate surface area is 189 Å². The van der Waals surface area contributed by atoms with E-state index in [2.05, 4.69) is 13.8 Å². The predicted molar refractivity (Wildman–Crippen MR) is 114 cm³/mol. The van der Waals surface area contributed by atoms with Crippen molar-refractivity contribution in [2.75, 3.05) is 6.61 Å². The molecule has 0 aromatic carbocycles. The minimum absolute atomic E-state index is 0.0129. The van der Waals surface area contributed by atoms with Crippen LogP contribution in [0.2, 0.25) is 0 Å². The standard InChI is InChI=1S/C23H34O8S/c1-21-7-5-15(31-32(27,28)29)10-14(21)3-4-17-20(21)18(24)11-22(2)16(6-8-23(17,22)26)13-9-19(25)30-12-13/h9,14-18,20,24,26H,3-8,10-12H2,1-2H3,(H,27,28,29)/t14-,15+,16-,17-,18-,20+,21+,22-,23+/m1/s1. The highest BCUT2D eigenvalue weighted by atomic mass is 32.3. The quantitative estimate of drug-likeness (QED) is 0.423. The number of hydrogen-bond acceptors (Lipinski definition) is 7. The van der Waals surface area contributed by atoms with Crippen LogP contribution in [-0.2, 0) is 24.1 Å². The van der Waals surface area contributed by atoms with Gasteiger partial charge in [-0.05, 0) is 86.0 Å². The molecule has 0 bridgehead atoms. The molecule has 0 spiro atoms. The summed E-state index contributed by atoms with van der Waals surface area (Å²) in [4.78, 5) is 11.7. The maximum absolute atomic E-state index is 12.2. The molecule has 1 heterocycles. The Morgan fingerprint density at radius 3 is 2.56 bits per heavy atom. The minimum Gasteiger partial charge on any atom is -0.458 e. The summed E-state index contributed by atoms with van der Waals surface area (Å²) in [5.74, 6) is -0.294. The van der Waals surface area contributed by atoms with Gasteiger partial charge in [0, 0.05) is 11.5 Å². The van der Waals surface area contributed by atoms with E-state index in [1.54, 1.807) is 6.08 Å². The van der Waals surface area contributed by atoms with Gasteiger partial charge in [0.2, 0.25) is 0 Å². The molecule has 0 radical (unpaired) electrons. The van der Waals surface area contributed by atoms with E-state index in [4.69, 9.17) is 13.5 Å². The number of aliphatic hydroxyl groups excluding tert-OH is 1. The average molecular weight is 471 g/mol. The number of fused-ring (bicyclic) bond motifs is 5. The maximum atomic E-state index is 12.2. The summed E-state index contributed by atoms with van der Waals surface area (Å²) in [6.45, 7) is 4.51. The van der Waals surface area contributed by atoms with Crippen LogP contribution < -0.4 is 0 Å². The lowest BCUT2D eigenvalue weighted by atomic mass is 9.42. The van der Waals surface area contributed by atoms with E-state index >= 15 is 0 Å². The van der Waals surface area contributed by atoms with Gasteiger partial charge < -0.3 is 14.9 Å². The summed E-state index contributed by atoms with van der Waals surface area (Å²) in [5.41, 5.74) is -0.754. The van der Waals surface area contributed by atoms with Crippen molar-refractivity contribution >= 4 is 16.4 Å². The van der Waals surface area contributed by atoms with Crippen molar-refractivity contribution in [3.63, 3.8) is 0 Å². The molecular weight excluding hydrogens is 436 g/mol. The van der Waals surface area contributed by atoms with Crippen LogP contribution in [0.15, 0.2) is 11.6 Å². The Kier molecular flexibility index (Phi) is 5.16. The molecule has 0 aromatic heterocycles. The van der Waals surface area contributed by atoms with E-state index in [1.165, 1.54) is 0 Å². The summed E-state index contributed by atoms with van der Waals surface area (Å²) >= 11 is 0. The van der Waals surface area contributed by atoms with Crippen molar-refractivity contribution in [2.24, 2.45) is 34.5 Å².